The SMILES string of the molecule is C[N+](C)=C1C=CC(=CC=C2C=C(c3ccccc3)OC(c3ccccc3)=C2)C=C1.[O-][Cl+3]([O-])([O-])[O-]. The summed E-state index contributed by atoms with van der Waals surface area (Å²) >= 11 is 0. The molecule has 0 N–H and O–H groups in total. The first-order valence-electron chi connectivity index (χ1n) is 10.4. The highest BCUT2D eigenvalue weighted by Gasteiger charge is 2.14. The molecule has 1 aliphatic carbocycles. The number of rotatable bonds is 3. The molecule has 1 heterocycles. The van der Waals surface area contributed by atoms with Crippen LogP contribution in [0.1, 0.15) is 11.1 Å². The number of hydrogen-bond acceptors (Lipinski definition) is 5. The van der Waals surface area contributed by atoms with Crippen LogP contribution in [0.4, 0.5) is 0 Å². The van der Waals surface area contributed by atoms with Crippen LogP contribution in [0.5, 0.6) is 0 Å². The Hall–Kier alpha value is -3.52. The third-order valence-corrected chi connectivity index (χ3v) is 4.81. The van der Waals surface area contributed by atoms with Crippen LogP contribution < -0.4 is 18.6 Å². The van der Waals surface area contributed by atoms with Gasteiger partial charge in [-0.3, -0.25) is 0 Å². The van der Waals surface area contributed by atoms with E-state index in [4.69, 9.17) is 23.4 Å². The molecule has 174 valence electrons. The van der Waals surface area contributed by atoms with E-state index in [1.165, 1.54) is 11.3 Å². The van der Waals surface area contributed by atoms with Gasteiger partial charge in [0.25, 0.3) is 0 Å². The molecule has 34 heavy (non-hydrogen) atoms. The van der Waals surface area contributed by atoms with Crippen molar-refractivity contribution in [3.8, 4) is 0 Å². The molecule has 0 amide bonds. The minimum atomic E-state index is -4.94. The number of nitrogens with zero attached hydrogens (tertiary/aromatic N) is 1. The highest BCUT2D eigenvalue weighted by molar-refractivity contribution is 6.02. The standard InChI is InChI=1S/C27H24NO.ClHO4/c1-28(2)25-17-15-21(16-18-25)13-14-22-19-26(23-9-5-3-6-10-23)29-27(20-22)24-11-7-4-8-12-24;2-1(3,4)5/h3-20H,1-2H3;(H,2,3,4,5)/q+1;/p-1. The van der Waals surface area contributed by atoms with Gasteiger partial charge in [-0.15, -0.1) is 10.2 Å². The Morgan fingerprint density at radius 1 is 0.647 bits per heavy atom. The number of halogens is 1. The minimum Gasteiger partial charge on any atom is -0.456 e. The molecule has 0 unspecified atom stereocenters. The van der Waals surface area contributed by atoms with Crippen molar-refractivity contribution in [2.75, 3.05) is 14.1 Å². The molecular formula is C27H24ClNO5. The maximum Gasteiger partial charge on any atom is 0.199 e. The van der Waals surface area contributed by atoms with Crippen LogP contribution >= 0.6 is 0 Å². The molecule has 0 fully saturated rings. The van der Waals surface area contributed by atoms with Crippen LogP contribution in [0.3, 0.4) is 0 Å². The van der Waals surface area contributed by atoms with Crippen molar-refractivity contribution in [3.05, 3.63) is 132 Å². The topological polar surface area (TPSA) is 104 Å². The molecule has 0 bridgehead atoms. The molecule has 2 aromatic rings. The van der Waals surface area contributed by atoms with Gasteiger partial charge in [-0.2, -0.15) is 0 Å². The second-order valence-corrected chi connectivity index (χ2v) is 8.30. The van der Waals surface area contributed by atoms with E-state index in [0.29, 0.717) is 0 Å². The smallest absolute Gasteiger partial charge is 0.199 e. The van der Waals surface area contributed by atoms with E-state index in [-0.39, 0.29) is 0 Å². The lowest BCUT2D eigenvalue weighted by molar-refractivity contribution is -2.00. The predicted molar refractivity (Wildman–Crippen MR) is 121 cm³/mol. The Morgan fingerprint density at radius 2 is 1.06 bits per heavy atom. The van der Waals surface area contributed by atoms with Crippen LogP contribution in [0, 0.1) is 10.2 Å². The fourth-order valence-electron chi connectivity index (χ4n) is 3.18. The first-order chi connectivity index (χ1) is 16.2. The largest absolute Gasteiger partial charge is 0.456 e. The zero-order valence-electron chi connectivity index (χ0n) is 18.8. The lowest BCUT2D eigenvalue weighted by Crippen LogP contribution is -2.68. The van der Waals surface area contributed by atoms with E-state index in [1.54, 1.807) is 0 Å². The van der Waals surface area contributed by atoms with Gasteiger partial charge in [0.15, 0.2) is 5.71 Å². The van der Waals surface area contributed by atoms with E-state index >= 15 is 0 Å². The Morgan fingerprint density at radius 3 is 1.47 bits per heavy atom. The average molecular weight is 478 g/mol. The highest BCUT2D eigenvalue weighted by Crippen LogP contribution is 2.32. The van der Waals surface area contributed by atoms with Gasteiger partial charge in [-0.05, 0) is 35.5 Å². The van der Waals surface area contributed by atoms with Crippen molar-refractivity contribution < 1.29 is 38.2 Å². The van der Waals surface area contributed by atoms with Crippen LogP contribution in [0.2, 0.25) is 0 Å². The van der Waals surface area contributed by atoms with Crippen LogP contribution in [0.15, 0.2) is 120 Å². The maximum atomic E-state index is 8.49. The van der Waals surface area contributed by atoms with Crippen LogP contribution in [-0.4, -0.2) is 24.4 Å². The summed E-state index contributed by atoms with van der Waals surface area (Å²) in [7, 11) is -0.844. The van der Waals surface area contributed by atoms with Gasteiger partial charge in [0.1, 0.15) is 25.6 Å². The summed E-state index contributed by atoms with van der Waals surface area (Å²) in [6.45, 7) is 0. The predicted octanol–water partition coefficient (Wildman–Crippen LogP) is 1.03. The Labute approximate surface area is 201 Å². The molecule has 0 saturated carbocycles. The van der Waals surface area contributed by atoms with Gasteiger partial charge < -0.3 is 4.74 Å². The Kier molecular flexibility index (Phi) is 8.54. The Bertz CT molecular complexity index is 1130. The first kappa shape index (κ1) is 25.1. The molecular weight excluding hydrogens is 454 g/mol. The van der Waals surface area contributed by atoms with E-state index in [0.717, 1.165) is 28.2 Å². The van der Waals surface area contributed by atoms with Crippen molar-refractivity contribution in [2.24, 2.45) is 0 Å². The lowest BCUT2D eigenvalue weighted by atomic mass is 10.0. The van der Waals surface area contributed by atoms with E-state index in [1.807, 2.05) is 36.4 Å². The van der Waals surface area contributed by atoms with Gasteiger partial charge in [-0.1, -0.05) is 72.8 Å². The fourth-order valence-corrected chi connectivity index (χ4v) is 3.18. The summed E-state index contributed by atoms with van der Waals surface area (Å²) in [5.74, 6) is 1.71. The molecule has 0 atom stereocenters. The molecule has 1 aliphatic heterocycles. The number of allylic oxidation sites excluding steroid dienone is 10. The van der Waals surface area contributed by atoms with E-state index < -0.39 is 10.2 Å². The van der Waals surface area contributed by atoms with Crippen molar-refractivity contribution in [1.29, 1.82) is 0 Å². The molecule has 6 nitrogen and oxygen atoms in total. The third-order valence-electron chi connectivity index (χ3n) is 4.81. The summed E-state index contributed by atoms with van der Waals surface area (Å²) < 4.78 is 42.3. The van der Waals surface area contributed by atoms with Crippen molar-refractivity contribution in [2.45, 2.75) is 0 Å². The fraction of sp³-hybridized carbons (Fsp3) is 0.0741. The third kappa shape index (κ3) is 8.12. The monoisotopic (exact) mass is 477 g/mol. The van der Waals surface area contributed by atoms with Gasteiger partial charge >= 0.3 is 0 Å². The van der Waals surface area contributed by atoms with E-state index in [9.17, 15) is 0 Å². The molecule has 0 spiro atoms. The number of ether oxygens (including phenoxy) is 1. The number of benzene rings is 2. The van der Waals surface area contributed by atoms with Crippen molar-refractivity contribution >= 4 is 17.2 Å². The van der Waals surface area contributed by atoms with Gasteiger partial charge in [0.05, 0.1) is 0 Å². The zero-order valence-corrected chi connectivity index (χ0v) is 19.5. The van der Waals surface area contributed by atoms with Crippen LogP contribution in [-0.2, 0) is 4.74 Å². The van der Waals surface area contributed by atoms with Gasteiger partial charge in [0, 0.05) is 23.3 Å². The number of hydrogen-bond donors (Lipinski definition) is 0. The second kappa shape index (κ2) is 11.6. The Balaban J connectivity index is 0.000000588. The molecule has 0 aromatic heterocycles. The molecule has 4 rings (SSSR count). The molecule has 0 radical (unpaired) electrons. The first-order valence-corrected chi connectivity index (χ1v) is 11.6. The van der Waals surface area contributed by atoms with Gasteiger partial charge in [-0.25, -0.2) is 23.2 Å². The summed E-state index contributed by atoms with van der Waals surface area (Å²) in [6.07, 6.45) is 17.0. The van der Waals surface area contributed by atoms with Gasteiger partial charge in [0.2, 0.25) is 0 Å². The average Bonchev–Trinajstić information content (AvgIpc) is 2.83. The summed E-state index contributed by atoms with van der Waals surface area (Å²) in [5.41, 5.74) is 5.59. The minimum absolute atomic E-state index is 0.856. The van der Waals surface area contributed by atoms with Crippen LogP contribution in [0.25, 0.3) is 11.5 Å². The molecule has 2 aromatic carbocycles. The zero-order chi connectivity index (χ0) is 24.6. The quantitative estimate of drug-likeness (QED) is 0.614. The lowest BCUT2D eigenvalue weighted by Gasteiger charge is -2.19. The van der Waals surface area contributed by atoms with E-state index in [2.05, 4.69) is 91.5 Å². The highest BCUT2D eigenvalue weighted by atomic mass is 35.7. The summed E-state index contributed by atoms with van der Waals surface area (Å²) in [4.78, 5) is 0. The summed E-state index contributed by atoms with van der Waals surface area (Å²) in [5, 5.41) is 0. The molecule has 7 heteroatoms. The molecule has 0 saturated heterocycles. The van der Waals surface area contributed by atoms with Crippen molar-refractivity contribution in [3.63, 3.8) is 0 Å². The second-order valence-electron chi connectivity index (χ2n) is 7.55. The normalized spacial score (nSPS) is 14.9. The molecule has 2 aliphatic rings. The summed E-state index contributed by atoms with van der Waals surface area (Å²) in [6, 6.07) is 20.4. The maximum absolute atomic E-state index is 8.49. The van der Waals surface area contributed by atoms with Crippen molar-refractivity contribution in [1.82, 2.24) is 0 Å².